The molecular weight excluding hydrogens is 342 g/mol. The van der Waals surface area contributed by atoms with E-state index < -0.39 is 24.5 Å². The van der Waals surface area contributed by atoms with Crippen LogP contribution >= 0.6 is 0 Å². The van der Waals surface area contributed by atoms with Crippen molar-refractivity contribution in [1.29, 1.82) is 0 Å². The van der Waals surface area contributed by atoms with Gasteiger partial charge in [0.25, 0.3) is 5.91 Å². The molecule has 1 fully saturated rings. The van der Waals surface area contributed by atoms with Gasteiger partial charge in [-0.2, -0.15) is 0 Å². The van der Waals surface area contributed by atoms with Gasteiger partial charge in [0.15, 0.2) is 6.61 Å². The van der Waals surface area contributed by atoms with E-state index in [9.17, 15) is 24.0 Å². The van der Waals surface area contributed by atoms with E-state index >= 15 is 0 Å². The predicted octanol–water partition coefficient (Wildman–Crippen LogP) is 0.107. The minimum Gasteiger partial charge on any atom is -0.456 e. The van der Waals surface area contributed by atoms with Crippen LogP contribution in [-0.4, -0.2) is 54.3 Å². The molecule has 2 N–H and O–H groups in total. The van der Waals surface area contributed by atoms with E-state index in [4.69, 9.17) is 4.74 Å². The number of carbonyl (C=O) groups excluding carboxylic acids is 5. The number of rotatable bonds is 7. The Morgan fingerprint density at radius 3 is 2.35 bits per heavy atom. The molecule has 2 aliphatic rings. The van der Waals surface area contributed by atoms with Crippen LogP contribution in [0.1, 0.15) is 32.6 Å². The van der Waals surface area contributed by atoms with Crippen molar-refractivity contribution in [3.63, 3.8) is 0 Å². The fourth-order valence-corrected chi connectivity index (χ4v) is 2.96. The Morgan fingerprint density at radius 2 is 1.77 bits per heavy atom. The van der Waals surface area contributed by atoms with Gasteiger partial charge in [-0.05, 0) is 19.3 Å². The number of ether oxygens (including phenoxy) is 1. The standard InChI is InChI=1S/C17H23N3O6/c1-2-8-18-17(25)19-13(21)10-26-14(22)7-9-20-15(23)11-5-3-4-6-12(11)16(20)24/h3-4,11-12H,2,5-10H2,1H3,(H2,18,19,21,25)/t11-,12+. The van der Waals surface area contributed by atoms with Gasteiger partial charge in [0.1, 0.15) is 0 Å². The maximum Gasteiger partial charge on any atom is 0.321 e. The number of hydrogen-bond acceptors (Lipinski definition) is 6. The molecule has 9 nitrogen and oxygen atoms in total. The van der Waals surface area contributed by atoms with Crippen LogP contribution in [0.2, 0.25) is 0 Å². The zero-order valence-electron chi connectivity index (χ0n) is 14.7. The van der Waals surface area contributed by atoms with E-state index in [2.05, 4.69) is 5.32 Å². The van der Waals surface area contributed by atoms with Crippen molar-refractivity contribution >= 4 is 29.7 Å². The number of nitrogens with one attached hydrogen (secondary N) is 2. The van der Waals surface area contributed by atoms with E-state index in [-0.39, 0.29) is 36.6 Å². The summed E-state index contributed by atoms with van der Waals surface area (Å²) in [6, 6.07) is -0.655. The molecule has 0 saturated carbocycles. The molecule has 142 valence electrons. The van der Waals surface area contributed by atoms with Gasteiger partial charge in [-0.1, -0.05) is 19.1 Å². The number of nitrogens with zero attached hydrogens (tertiary/aromatic N) is 1. The van der Waals surface area contributed by atoms with Crippen LogP contribution in [-0.2, 0) is 23.9 Å². The van der Waals surface area contributed by atoms with Crippen molar-refractivity contribution < 1.29 is 28.7 Å². The molecule has 9 heteroatoms. The Balaban J connectivity index is 1.70. The average molecular weight is 365 g/mol. The number of urea groups is 1. The van der Waals surface area contributed by atoms with Crippen molar-refractivity contribution in [1.82, 2.24) is 15.5 Å². The van der Waals surface area contributed by atoms with Crippen molar-refractivity contribution in [3.8, 4) is 0 Å². The van der Waals surface area contributed by atoms with Gasteiger partial charge in [-0.3, -0.25) is 29.4 Å². The smallest absolute Gasteiger partial charge is 0.321 e. The molecule has 0 bridgehead atoms. The molecule has 0 aromatic heterocycles. The van der Waals surface area contributed by atoms with E-state index in [1.54, 1.807) is 0 Å². The molecule has 0 spiro atoms. The normalized spacial score (nSPS) is 21.3. The van der Waals surface area contributed by atoms with Gasteiger partial charge in [0, 0.05) is 13.1 Å². The number of esters is 1. The van der Waals surface area contributed by atoms with Crippen LogP contribution in [0.4, 0.5) is 4.79 Å². The average Bonchev–Trinajstić information content (AvgIpc) is 2.87. The number of amides is 5. The molecule has 1 aliphatic heterocycles. The maximum absolute atomic E-state index is 12.2. The first-order chi connectivity index (χ1) is 12.4. The van der Waals surface area contributed by atoms with E-state index in [0.29, 0.717) is 19.4 Å². The molecular formula is C17H23N3O6. The summed E-state index contributed by atoms with van der Waals surface area (Å²) in [4.78, 5) is 60.1. The summed E-state index contributed by atoms with van der Waals surface area (Å²) in [5, 5.41) is 4.47. The van der Waals surface area contributed by atoms with Crippen LogP contribution in [0, 0.1) is 11.8 Å². The van der Waals surface area contributed by atoms with Gasteiger partial charge in [0.05, 0.1) is 18.3 Å². The van der Waals surface area contributed by atoms with Crippen molar-refractivity contribution in [2.24, 2.45) is 11.8 Å². The number of likely N-dealkylation sites (tertiary alicyclic amines) is 1. The summed E-state index contributed by atoms with van der Waals surface area (Å²) in [5.74, 6) is -2.67. The van der Waals surface area contributed by atoms with Crippen LogP contribution < -0.4 is 10.6 Å². The second-order valence-corrected chi connectivity index (χ2v) is 6.20. The van der Waals surface area contributed by atoms with E-state index in [0.717, 1.165) is 11.3 Å². The van der Waals surface area contributed by atoms with Gasteiger partial charge in [-0.25, -0.2) is 4.79 Å². The summed E-state index contributed by atoms with van der Waals surface area (Å²) in [7, 11) is 0. The number of fused-ring (bicyclic) bond motifs is 1. The SMILES string of the molecule is CCCNC(=O)NC(=O)COC(=O)CCN1C(=O)[C@H]2CC=CC[C@H]2C1=O. The Hall–Kier alpha value is -2.71. The molecule has 0 aromatic carbocycles. The molecule has 1 heterocycles. The maximum atomic E-state index is 12.2. The second kappa shape index (κ2) is 9.12. The number of imide groups is 2. The van der Waals surface area contributed by atoms with E-state index in [1.165, 1.54) is 0 Å². The van der Waals surface area contributed by atoms with Crippen LogP contribution in [0.3, 0.4) is 0 Å². The summed E-state index contributed by atoms with van der Waals surface area (Å²) in [6.07, 6.45) is 5.38. The summed E-state index contributed by atoms with van der Waals surface area (Å²) in [6.45, 7) is 1.62. The minimum absolute atomic E-state index is 0.0674. The zero-order chi connectivity index (χ0) is 19.1. The molecule has 5 amide bonds. The lowest BCUT2D eigenvalue weighted by Crippen LogP contribution is -2.41. The largest absolute Gasteiger partial charge is 0.456 e. The first-order valence-corrected chi connectivity index (χ1v) is 8.67. The van der Waals surface area contributed by atoms with Crippen molar-refractivity contribution in [2.75, 3.05) is 19.7 Å². The Kier molecular flexibility index (Phi) is 6.88. The fraction of sp³-hybridized carbons (Fsp3) is 0.588. The monoisotopic (exact) mass is 365 g/mol. The first kappa shape index (κ1) is 19.6. The molecule has 2 rings (SSSR count). The highest BCUT2D eigenvalue weighted by molar-refractivity contribution is 6.05. The predicted molar refractivity (Wildman–Crippen MR) is 89.5 cm³/mol. The van der Waals surface area contributed by atoms with Gasteiger partial charge >= 0.3 is 12.0 Å². The lowest BCUT2D eigenvalue weighted by Gasteiger charge is -2.14. The van der Waals surface area contributed by atoms with Crippen LogP contribution in [0.25, 0.3) is 0 Å². The quantitative estimate of drug-likeness (QED) is 0.375. The highest BCUT2D eigenvalue weighted by Crippen LogP contribution is 2.34. The number of carbonyl (C=O) groups is 5. The number of allylic oxidation sites excluding steroid dienone is 2. The summed E-state index contributed by atoms with van der Waals surface area (Å²) < 4.78 is 4.77. The Bertz CT molecular complexity index is 604. The lowest BCUT2D eigenvalue weighted by molar-refractivity contribution is -0.149. The fourth-order valence-electron chi connectivity index (χ4n) is 2.96. The molecule has 26 heavy (non-hydrogen) atoms. The van der Waals surface area contributed by atoms with Gasteiger partial charge in [0.2, 0.25) is 11.8 Å². The van der Waals surface area contributed by atoms with Crippen LogP contribution in [0.5, 0.6) is 0 Å². The molecule has 0 aromatic rings. The highest BCUT2D eigenvalue weighted by Gasteiger charge is 2.46. The highest BCUT2D eigenvalue weighted by atomic mass is 16.5. The summed E-state index contributed by atoms with van der Waals surface area (Å²) >= 11 is 0. The third-order valence-corrected chi connectivity index (χ3v) is 4.29. The Morgan fingerprint density at radius 1 is 1.15 bits per heavy atom. The Labute approximate surface area is 151 Å². The molecule has 1 aliphatic carbocycles. The van der Waals surface area contributed by atoms with E-state index in [1.807, 2.05) is 24.4 Å². The third-order valence-electron chi connectivity index (χ3n) is 4.29. The van der Waals surface area contributed by atoms with Crippen molar-refractivity contribution in [2.45, 2.75) is 32.6 Å². The molecule has 0 unspecified atom stereocenters. The molecule has 1 saturated heterocycles. The summed E-state index contributed by atoms with van der Waals surface area (Å²) in [5.41, 5.74) is 0. The van der Waals surface area contributed by atoms with Gasteiger partial charge < -0.3 is 10.1 Å². The van der Waals surface area contributed by atoms with Crippen LogP contribution in [0.15, 0.2) is 12.2 Å². The second-order valence-electron chi connectivity index (χ2n) is 6.20. The minimum atomic E-state index is -0.752. The number of hydrogen-bond donors (Lipinski definition) is 2. The molecule has 2 atom stereocenters. The first-order valence-electron chi connectivity index (χ1n) is 8.67. The lowest BCUT2D eigenvalue weighted by atomic mass is 9.85. The van der Waals surface area contributed by atoms with Crippen molar-refractivity contribution in [3.05, 3.63) is 12.2 Å². The molecule has 0 radical (unpaired) electrons. The topological polar surface area (TPSA) is 122 Å². The third kappa shape index (κ3) is 4.90. The zero-order valence-corrected chi connectivity index (χ0v) is 14.7. The van der Waals surface area contributed by atoms with Gasteiger partial charge in [-0.15, -0.1) is 0 Å².